The SMILES string of the molecule is CC(C)CC1CCCC(Nc2cccc([N+](=O)[O-])c2)C1. The minimum Gasteiger partial charge on any atom is -0.382 e. The smallest absolute Gasteiger partial charge is 0.271 e. The molecule has 0 aromatic heterocycles. The van der Waals surface area contributed by atoms with Gasteiger partial charge in [0.1, 0.15) is 0 Å². The van der Waals surface area contributed by atoms with Gasteiger partial charge in [-0.25, -0.2) is 0 Å². The first kappa shape index (κ1) is 14.8. The van der Waals surface area contributed by atoms with Crippen LogP contribution in [0.4, 0.5) is 11.4 Å². The topological polar surface area (TPSA) is 55.2 Å². The fraction of sp³-hybridized carbons (Fsp3) is 0.625. The molecule has 0 spiro atoms. The first-order chi connectivity index (χ1) is 9.54. The quantitative estimate of drug-likeness (QED) is 0.631. The Balaban J connectivity index is 1.95. The van der Waals surface area contributed by atoms with Crippen molar-refractivity contribution in [2.75, 3.05) is 5.32 Å². The third-order valence-electron chi connectivity index (χ3n) is 4.02. The van der Waals surface area contributed by atoms with E-state index in [2.05, 4.69) is 19.2 Å². The number of benzene rings is 1. The Hall–Kier alpha value is -1.58. The zero-order valence-corrected chi connectivity index (χ0v) is 12.3. The van der Waals surface area contributed by atoms with Gasteiger partial charge >= 0.3 is 0 Å². The number of rotatable bonds is 5. The van der Waals surface area contributed by atoms with Crippen LogP contribution >= 0.6 is 0 Å². The molecular weight excluding hydrogens is 252 g/mol. The Labute approximate surface area is 120 Å². The van der Waals surface area contributed by atoms with Gasteiger partial charge in [0, 0.05) is 23.9 Å². The van der Waals surface area contributed by atoms with Gasteiger partial charge in [0.05, 0.1) is 4.92 Å². The Kier molecular flexibility index (Phi) is 4.99. The third kappa shape index (κ3) is 4.22. The summed E-state index contributed by atoms with van der Waals surface area (Å²) in [5.74, 6) is 1.54. The Bertz CT molecular complexity index is 460. The molecule has 0 bridgehead atoms. The number of nitro groups is 1. The van der Waals surface area contributed by atoms with Gasteiger partial charge in [-0.15, -0.1) is 0 Å². The van der Waals surface area contributed by atoms with Crippen molar-refractivity contribution >= 4 is 11.4 Å². The third-order valence-corrected chi connectivity index (χ3v) is 4.02. The van der Waals surface area contributed by atoms with E-state index in [0.717, 1.165) is 23.9 Å². The van der Waals surface area contributed by atoms with Gasteiger partial charge in [-0.05, 0) is 37.2 Å². The molecule has 1 aromatic carbocycles. The average Bonchev–Trinajstić information content (AvgIpc) is 2.38. The summed E-state index contributed by atoms with van der Waals surface area (Å²) in [5.41, 5.74) is 1.03. The summed E-state index contributed by atoms with van der Waals surface area (Å²) in [5, 5.41) is 14.3. The van der Waals surface area contributed by atoms with Crippen LogP contribution in [0.3, 0.4) is 0 Å². The van der Waals surface area contributed by atoms with Crippen molar-refractivity contribution in [3.8, 4) is 0 Å². The van der Waals surface area contributed by atoms with Gasteiger partial charge in [0.2, 0.25) is 0 Å². The van der Waals surface area contributed by atoms with Gasteiger partial charge in [-0.3, -0.25) is 10.1 Å². The van der Waals surface area contributed by atoms with Crippen molar-refractivity contribution in [2.45, 2.75) is 52.0 Å². The van der Waals surface area contributed by atoms with Gasteiger partial charge in [0.15, 0.2) is 0 Å². The monoisotopic (exact) mass is 276 g/mol. The molecule has 1 saturated carbocycles. The lowest BCUT2D eigenvalue weighted by Gasteiger charge is -2.31. The van der Waals surface area contributed by atoms with Crippen LogP contribution in [0.25, 0.3) is 0 Å². The van der Waals surface area contributed by atoms with Gasteiger partial charge in [-0.2, -0.15) is 0 Å². The molecule has 2 atom stereocenters. The molecular formula is C16H24N2O2. The summed E-state index contributed by atoms with van der Waals surface area (Å²) in [7, 11) is 0. The number of non-ortho nitro benzene ring substituents is 1. The molecule has 4 nitrogen and oxygen atoms in total. The van der Waals surface area contributed by atoms with E-state index >= 15 is 0 Å². The van der Waals surface area contributed by atoms with E-state index < -0.39 is 0 Å². The second-order valence-corrected chi connectivity index (χ2v) is 6.31. The summed E-state index contributed by atoms with van der Waals surface area (Å²) in [6, 6.07) is 7.28. The van der Waals surface area contributed by atoms with E-state index in [4.69, 9.17) is 0 Å². The van der Waals surface area contributed by atoms with E-state index in [9.17, 15) is 10.1 Å². The van der Waals surface area contributed by atoms with Crippen LogP contribution in [0.2, 0.25) is 0 Å². The van der Waals surface area contributed by atoms with Crippen molar-refractivity contribution in [2.24, 2.45) is 11.8 Å². The van der Waals surface area contributed by atoms with E-state index in [1.165, 1.54) is 31.7 Å². The van der Waals surface area contributed by atoms with Gasteiger partial charge in [0.25, 0.3) is 5.69 Å². The largest absolute Gasteiger partial charge is 0.382 e. The highest BCUT2D eigenvalue weighted by Crippen LogP contribution is 2.31. The molecule has 20 heavy (non-hydrogen) atoms. The summed E-state index contributed by atoms with van der Waals surface area (Å²) < 4.78 is 0. The van der Waals surface area contributed by atoms with E-state index in [1.54, 1.807) is 12.1 Å². The lowest BCUT2D eigenvalue weighted by Crippen LogP contribution is -2.27. The highest BCUT2D eigenvalue weighted by Gasteiger charge is 2.22. The standard InChI is InChI=1S/C16H24N2O2/c1-12(2)9-13-5-3-6-14(10-13)17-15-7-4-8-16(11-15)18(19)20/h4,7-8,11-14,17H,3,5-6,9-10H2,1-2H3. The van der Waals surface area contributed by atoms with Crippen molar-refractivity contribution in [1.82, 2.24) is 0 Å². The first-order valence-corrected chi connectivity index (χ1v) is 7.55. The number of anilines is 1. The highest BCUT2D eigenvalue weighted by molar-refractivity contribution is 5.51. The van der Waals surface area contributed by atoms with Crippen LogP contribution in [-0.4, -0.2) is 11.0 Å². The van der Waals surface area contributed by atoms with E-state index in [1.807, 2.05) is 6.07 Å². The normalized spacial score (nSPS) is 22.8. The number of hydrogen-bond donors (Lipinski definition) is 1. The van der Waals surface area contributed by atoms with Gasteiger partial charge < -0.3 is 5.32 Å². The number of nitrogens with one attached hydrogen (secondary N) is 1. The Morgan fingerprint density at radius 1 is 1.40 bits per heavy atom. The second-order valence-electron chi connectivity index (χ2n) is 6.31. The fourth-order valence-corrected chi connectivity index (χ4v) is 3.25. The maximum absolute atomic E-state index is 10.8. The van der Waals surface area contributed by atoms with Crippen molar-refractivity contribution < 1.29 is 4.92 Å². The predicted octanol–water partition coefficient (Wildman–Crippen LogP) is 4.61. The number of nitro benzene ring substituents is 1. The molecule has 1 N–H and O–H groups in total. The summed E-state index contributed by atoms with van der Waals surface area (Å²) >= 11 is 0. The summed E-state index contributed by atoms with van der Waals surface area (Å²) in [6.07, 6.45) is 6.21. The fourth-order valence-electron chi connectivity index (χ4n) is 3.25. The van der Waals surface area contributed by atoms with Crippen LogP contribution in [-0.2, 0) is 0 Å². The molecule has 1 aliphatic carbocycles. The lowest BCUT2D eigenvalue weighted by atomic mass is 9.81. The van der Waals surface area contributed by atoms with Crippen LogP contribution < -0.4 is 5.32 Å². The molecule has 0 aliphatic heterocycles. The molecule has 0 radical (unpaired) electrons. The molecule has 1 fully saturated rings. The second kappa shape index (κ2) is 6.73. The Morgan fingerprint density at radius 2 is 2.20 bits per heavy atom. The zero-order valence-electron chi connectivity index (χ0n) is 12.3. The molecule has 2 rings (SSSR count). The molecule has 0 saturated heterocycles. The first-order valence-electron chi connectivity index (χ1n) is 7.55. The van der Waals surface area contributed by atoms with E-state index in [0.29, 0.717) is 6.04 Å². The maximum Gasteiger partial charge on any atom is 0.271 e. The maximum atomic E-state index is 10.8. The van der Waals surface area contributed by atoms with Crippen LogP contribution in [0, 0.1) is 22.0 Å². The Morgan fingerprint density at radius 3 is 2.90 bits per heavy atom. The molecule has 1 aliphatic rings. The minimum atomic E-state index is -0.340. The molecule has 2 unspecified atom stereocenters. The van der Waals surface area contributed by atoms with Crippen molar-refractivity contribution in [3.05, 3.63) is 34.4 Å². The van der Waals surface area contributed by atoms with Crippen molar-refractivity contribution in [1.29, 1.82) is 0 Å². The van der Waals surface area contributed by atoms with Gasteiger partial charge in [-0.1, -0.05) is 32.8 Å². The van der Waals surface area contributed by atoms with Crippen molar-refractivity contribution in [3.63, 3.8) is 0 Å². The molecule has 1 aromatic rings. The number of hydrogen-bond acceptors (Lipinski definition) is 3. The summed E-state index contributed by atoms with van der Waals surface area (Å²) in [4.78, 5) is 10.5. The zero-order chi connectivity index (χ0) is 14.5. The van der Waals surface area contributed by atoms with Crippen LogP contribution in [0.15, 0.2) is 24.3 Å². The molecule has 110 valence electrons. The van der Waals surface area contributed by atoms with E-state index in [-0.39, 0.29) is 10.6 Å². The highest BCUT2D eigenvalue weighted by atomic mass is 16.6. The molecule has 0 heterocycles. The average molecular weight is 276 g/mol. The lowest BCUT2D eigenvalue weighted by molar-refractivity contribution is -0.384. The molecule has 0 amide bonds. The minimum absolute atomic E-state index is 0.157. The van der Waals surface area contributed by atoms with Crippen LogP contribution in [0.5, 0.6) is 0 Å². The predicted molar refractivity (Wildman–Crippen MR) is 81.9 cm³/mol. The molecule has 4 heteroatoms. The summed E-state index contributed by atoms with van der Waals surface area (Å²) in [6.45, 7) is 4.55. The number of nitrogens with zero attached hydrogens (tertiary/aromatic N) is 1. The van der Waals surface area contributed by atoms with Crippen LogP contribution in [0.1, 0.15) is 46.0 Å².